The normalized spacial score (nSPS) is 24.8. The van der Waals surface area contributed by atoms with Crippen molar-refractivity contribution in [1.29, 1.82) is 0 Å². The molecule has 7 heteroatoms. The molecule has 6 rings (SSSR count). The van der Waals surface area contributed by atoms with Gasteiger partial charge in [-0.3, -0.25) is 19.2 Å². The third-order valence-corrected chi connectivity index (χ3v) is 7.63. The number of carbonyl (C=O) groups excluding carboxylic acids is 4. The second kappa shape index (κ2) is 7.29. The van der Waals surface area contributed by atoms with Crippen LogP contribution < -0.4 is 4.90 Å². The van der Waals surface area contributed by atoms with Crippen LogP contribution in [0.15, 0.2) is 77.3 Å². The van der Waals surface area contributed by atoms with Gasteiger partial charge < -0.3 is 4.74 Å². The van der Waals surface area contributed by atoms with Crippen molar-refractivity contribution in [3.05, 3.63) is 99.5 Å². The predicted molar refractivity (Wildman–Crippen MR) is 126 cm³/mol. The lowest BCUT2D eigenvalue weighted by Crippen LogP contribution is -2.51. The highest BCUT2D eigenvalue weighted by atomic mass is 79.9. The van der Waals surface area contributed by atoms with Crippen molar-refractivity contribution in [2.75, 3.05) is 4.90 Å². The Labute approximate surface area is 203 Å². The molecule has 2 fully saturated rings. The van der Waals surface area contributed by atoms with E-state index < -0.39 is 46.9 Å². The maximum atomic E-state index is 13.9. The standard InChI is InChI=1S/C27H18BrNO5/c1-14-11-12-19(18(28)13-14)29-25(32)20-21(26(29)33)27(34-22(20)15-7-3-2-4-8-15)23(30)16-9-5-6-10-17(16)24(27)31/h2-13,20-22H,1H3/t20-,21+,22-/m0/s1. The number of fused-ring (bicyclic) bond motifs is 3. The maximum absolute atomic E-state index is 13.9. The van der Waals surface area contributed by atoms with Gasteiger partial charge in [-0.2, -0.15) is 0 Å². The number of anilines is 1. The average molecular weight is 516 g/mol. The van der Waals surface area contributed by atoms with E-state index in [1.165, 1.54) is 0 Å². The van der Waals surface area contributed by atoms with Gasteiger partial charge in [-0.25, -0.2) is 4.90 Å². The zero-order chi connectivity index (χ0) is 23.8. The van der Waals surface area contributed by atoms with Crippen molar-refractivity contribution in [2.24, 2.45) is 11.8 Å². The lowest BCUT2D eigenvalue weighted by molar-refractivity contribution is -0.127. The van der Waals surface area contributed by atoms with E-state index in [2.05, 4.69) is 15.9 Å². The SMILES string of the molecule is Cc1ccc(N2C(=O)[C@@H]3[C@H](c4ccccc4)OC4(C(=O)c5ccccc5C4=O)[C@H]3C2=O)c(Br)c1. The highest BCUT2D eigenvalue weighted by molar-refractivity contribution is 9.10. The first kappa shape index (κ1) is 21.1. The molecule has 0 radical (unpaired) electrons. The zero-order valence-corrected chi connectivity index (χ0v) is 19.6. The molecular weight excluding hydrogens is 498 g/mol. The molecule has 2 saturated heterocycles. The van der Waals surface area contributed by atoms with Gasteiger partial charge >= 0.3 is 0 Å². The van der Waals surface area contributed by atoms with E-state index in [1.54, 1.807) is 60.7 Å². The quantitative estimate of drug-likeness (QED) is 0.372. The van der Waals surface area contributed by atoms with E-state index in [9.17, 15) is 19.2 Å². The Kier molecular flexibility index (Phi) is 4.53. The van der Waals surface area contributed by atoms with Gasteiger partial charge in [0.05, 0.1) is 23.6 Å². The molecule has 3 aromatic rings. The Balaban J connectivity index is 1.56. The van der Waals surface area contributed by atoms with E-state index in [4.69, 9.17) is 4.74 Å². The summed E-state index contributed by atoms with van der Waals surface area (Å²) in [6, 6.07) is 20.7. The van der Waals surface area contributed by atoms with Crippen LogP contribution in [0.2, 0.25) is 0 Å². The lowest BCUT2D eigenvalue weighted by Gasteiger charge is -2.27. The molecular formula is C27H18BrNO5. The molecule has 2 heterocycles. The first-order valence-corrected chi connectivity index (χ1v) is 11.7. The number of amides is 2. The van der Waals surface area contributed by atoms with Crippen molar-refractivity contribution in [3.8, 4) is 0 Å². The van der Waals surface area contributed by atoms with Gasteiger partial charge in [0.2, 0.25) is 29.0 Å². The number of hydrogen-bond donors (Lipinski definition) is 0. The van der Waals surface area contributed by atoms with Gasteiger partial charge in [0.15, 0.2) is 0 Å². The van der Waals surface area contributed by atoms with Crippen LogP contribution in [-0.4, -0.2) is 29.0 Å². The third-order valence-electron chi connectivity index (χ3n) is 6.99. The molecule has 3 aliphatic rings. The Morgan fingerprint density at radius 1 is 0.824 bits per heavy atom. The molecule has 2 amide bonds. The van der Waals surface area contributed by atoms with Crippen LogP contribution in [0, 0.1) is 18.8 Å². The first-order chi connectivity index (χ1) is 16.4. The smallest absolute Gasteiger partial charge is 0.241 e. The Bertz CT molecular complexity index is 1380. The van der Waals surface area contributed by atoms with Gasteiger partial charge in [-0.1, -0.05) is 60.7 Å². The number of benzene rings is 3. The summed E-state index contributed by atoms with van der Waals surface area (Å²) in [6.45, 7) is 1.90. The second-order valence-electron chi connectivity index (χ2n) is 8.86. The van der Waals surface area contributed by atoms with Crippen LogP contribution in [0.1, 0.15) is 37.9 Å². The number of aryl methyl sites for hydroxylation is 1. The minimum atomic E-state index is -2.06. The number of ketones is 2. The van der Waals surface area contributed by atoms with E-state index in [0.29, 0.717) is 15.7 Å². The molecule has 3 aromatic carbocycles. The van der Waals surface area contributed by atoms with Crippen molar-refractivity contribution in [3.63, 3.8) is 0 Å². The lowest BCUT2D eigenvalue weighted by atomic mass is 9.77. The van der Waals surface area contributed by atoms with Crippen LogP contribution in [0.3, 0.4) is 0 Å². The molecule has 168 valence electrons. The number of halogens is 1. The first-order valence-electron chi connectivity index (χ1n) is 10.9. The summed E-state index contributed by atoms with van der Waals surface area (Å²) in [4.78, 5) is 56.3. The number of rotatable bonds is 2. The molecule has 0 aromatic heterocycles. The second-order valence-corrected chi connectivity index (χ2v) is 9.71. The van der Waals surface area contributed by atoms with E-state index >= 15 is 0 Å². The summed E-state index contributed by atoms with van der Waals surface area (Å²) in [7, 11) is 0. The molecule has 3 atom stereocenters. The number of Topliss-reactive ketones (excluding diaryl/α,β-unsaturated/α-hetero) is 2. The van der Waals surface area contributed by atoms with Gasteiger partial charge in [-0.15, -0.1) is 0 Å². The summed E-state index contributed by atoms with van der Waals surface area (Å²) >= 11 is 3.46. The van der Waals surface area contributed by atoms with Gasteiger partial charge in [0.1, 0.15) is 0 Å². The van der Waals surface area contributed by atoms with Crippen LogP contribution in [-0.2, 0) is 14.3 Å². The summed E-state index contributed by atoms with van der Waals surface area (Å²) in [5.41, 5.74) is 0.344. The fraction of sp³-hybridized carbons (Fsp3) is 0.185. The predicted octanol–water partition coefficient (Wildman–Crippen LogP) is 4.45. The van der Waals surface area contributed by atoms with Crippen LogP contribution >= 0.6 is 15.9 Å². The van der Waals surface area contributed by atoms with E-state index in [-0.39, 0.29) is 11.1 Å². The molecule has 2 aliphatic heterocycles. The average Bonchev–Trinajstić information content (AvgIpc) is 3.40. The molecule has 1 spiro atoms. The molecule has 0 unspecified atom stereocenters. The molecule has 1 aliphatic carbocycles. The molecule has 0 N–H and O–H groups in total. The summed E-state index contributed by atoms with van der Waals surface area (Å²) in [5, 5.41) is 0. The Morgan fingerprint density at radius 2 is 1.44 bits per heavy atom. The number of carbonyl (C=O) groups is 4. The summed E-state index contributed by atoms with van der Waals surface area (Å²) in [5.74, 6) is -4.48. The van der Waals surface area contributed by atoms with Crippen LogP contribution in [0.4, 0.5) is 5.69 Å². The number of imide groups is 1. The zero-order valence-electron chi connectivity index (χ0n) is 18.0. The van der Waals surface area contributed by atoms with Crippen LogP contribution in [0.25, 0.3) is 0 Å². The highest BCUT2D eigenvalue weighted by Crippen LogP contribution is 2.58. The number of nitrogens with zero attached hydrogens (tertiary/aromatic N) is 1. The fourth-order valence-electron chi connectivity index (χ4n) is 5.49. The maximum Gasteiger partial charge on any atom is 0.241 e. The minimum Gasteiger partial charge on any atom is -0.349 e. The highest BCUT2D eigenvalue weighted by Gasteiger charge is 2.74. The molecule has 6 nitrogen and oxygen atoms in total. The molecule has 0 bridgehead atoms. The van der Waals surface area contributed by atoms with Crippen molar-refractivity contribution < 1.29 is 23.9 Å². The van der Waals surface area contributed by atoms with Crippen molar-refractivity contribution >= 4 is 45.0 Å². The summed E-state index contributed by atoms with van der Waals surface area (Å²) < 4.78 is 6.84. The number of hydrogen-bond acceptors (Lipinski definition) is 5. The minimum absolute atomic E-state index is 0.218. The largest absolute Gasteiger partial charge is 0.349 e. The summed E-state index contributed by atoms with van der Waals surface area (Å²) in [6.07, 6.45) is -0.918. The van der Waals surface area contributed by atoms with Crippen molar-refractivity contribution in [2.45, 2.75) is 18.6 Å². The number of ether oxygens (including phenoxy) is 1. The third kappa shape index (κ3) is 2.59. The molecule has 0 saturated carbocycles. The topological polar surface area (TPSA) is 80.8 Å². The van der Waals surface area contributed by atoms with Gasteiger partial charge in [0.25, 0.3) is 0 Å². The Hall–Kier alpha value is -3.42. The molecule has 34 heavy (non-hydrogen) atoms. The fourth-order valence-corrected chi connectivity index (χ4v) is 6.16. The van der Waals surface area contributed by atoms with Gasteiger partial charge in [-0.05, 0) is 46.1 Å². The van der Waals surface area contributed by atoms with E-state index in [0.717, 1.165) is 10.5 Å². The van der Waals surface area contributed by atoms with Gasteiger partial charge in [0, 0.05) is 15.6 Å². The van der Waals surface area contributed by atoms with E-state index in [1.807, 2.05) is 19.1 Å². The monoisotopic (exact) mass is 515 g/mol. The van der Waals surface area contributed by atoms with Crippen molar-refractivity contribution in [1.82, 2.24) is 0 Å². The Morgan fingerprint density at radius 3 is 2.06 bits per heavy atom. The van der Waals surface area contributed by atoms with Crippen LogP contribution in [0.5, 0.6) is 0 Å².